The Morgan fingerprint density at radius 2 is 1.62 bits per heavy atom. The molecule has 0 spiro atoms. The predicted octanol–water partition coefficient (Wildman–Crippen LogP) is 2.46. The van der Waals surface area contributed by atoms with Gasteiger partial charge in [-0.15, -0.1) is 0 Å². The predicted molar refractivity (Wildman–Crippen MR) is 81.7 cm³/mol. The molecule has 2 aromatic rings. The van der Waals surface area contributed by atoms with Crippen molar-refractivity contribution in [1.29, 1.82) is 0 Å². The summed E-state index contributed by atoms with van der Waals surface area (Å²) in [6, 6.07) is 5.60. The average Bonchev–Trinajstić information content (AvgIpc) is 2.61. The smallest absolute Gasteiger partial charge is 0.257 e. The Balaban J connectivity index is 1.62. The number of piperazine rings is 1. The van der Waals surface area contributed by atoms with Crippen LogP contribution in [0.15, 0.2) is 36.7 Å². The van der Waals surface area contributed by atoms with Gasteiger partial charge in [-0.2, -0.15) is 0 Å². The van der Waals surface area contributed by atoms with Crippen LogP contribution < -0.4 is 0 Å². The minimum Gasteiger partial charge on any atom is -0.336 e. The van der Waals surface area contributed by atoms with Gasteiger partial charge in [0.25, 0.3) is 5.91 Å². The van der Waals surface area contributed by atoms with Gasteiger partial charge in [0.1, 0.15) is 0 Å². The third-order valence-electron chi connectivity index (χ3n) is 4.08. The Bertz CT molecular complexity index is 731. The normalized spacial score (nSPS) is 15.5. The summed E-state index contributed by atoms with van der Waals surface area (Å²) < 4.78 is 40.0. The Hall–Kier alpha value is -2.41. The summed E-state index contributed by atoms with van der Waals surface area (Å²) in [4.78, 5) is 19.9. The van der Waals surface area contributed by atoms with Crippen molar-refractivity contribution in [2.45, 2.75) is 6.54 Å². The lowest BCUT2D eigenvalue weighted by molar-refractivity contribution is 0.0622. The molecule has 0 N–H and O–H groups in total. The monoisotopic (exact) mass is 335 g/mol. The van der Waals surface area contributed by atoms with E-state index in [1.54, 1.807) is 12.4 Å². The van der Waals surface area contributed by atoms with Gasteiger partial charge in [-0.1, -0.05) is 0 Å². The second-order valence-electron chi connectivity index (χ2n) is 5.65. The Kier molecular flexibility index (Phi) is 4.80. The summed E-state index contributed by atoms with van der Waals surface area (Å²) in [6.07, 6.45) is 3.45. The maximum atomic E-state index is 13.8. The molecule has 1 fully saturated rings. The number of nitrogens with zero attached hydrogens (tertiary/aromatic N) is 3. The molecule has 24 heavy (non-hydrogen) atoms. The number of carbonyl (C=O) groups is 1. The van der Waals surface area contributed by atoms with Crippen LogP contribution in [0.1, 0.15) is 15.9 Å². The first-order valence-corrected chi connectivity index (χ1v) is 7.60. The largest absolute Gasteiger partial charge is 0.336 e. The lowest BCUT2D eigenvalue weighted by Gasteiger charge is -2.34. The molecular weight excluding hydrogens is 319 g/mol. The number of hydrogen-bond donors (Lipinski definition) is 0. The first kappa shape index (κ1) is 16.4. The molecule has 1 aliphatic heterocycles. The molecule has 7 heteroatoms. The van der Waals surface area contributed by atoms with Crippen LogP contribution in [0.2, 0.25) is 0 Å². The number of rotatable bonds is 3. The fourth-order valence-corrected chi connectivity index (χ4v) is 2.72. The van der Waals surface area contributed by atoms with Crippen LogP contribution in [-0.2, 0) is 6.54 Å². The topological polar surface area (TPSA) is 36.4 Å². The van der Waals surface area contributed by atoms with Gasteiger partial charge in [-0.3, -0.25) is 14.7 Å². The molecule has 0 radical (unpaired) electrons. The zero-order chi connectivity index (χ0) is 17.1. The number of amides is 1. The van der Waals surface area contributed by atoms with Crippen molar-refractivity contribution in [3.8, 4) is 0 Å². The van der Waals surface area contributed by atoms with Crippen LogP contribution in [-0.4, -0.2) is 46.9 Å². The second kappa shape index (κ2) is 7.00. The molecule has 2 heterocycles. The van der Waals surface area contributed by atoms with Gasteiger partial charge in [-0.25, -0.2) is 13.2 Å². The molecule has 1 aromatic heterocycles. The summed E-state index contributed by atoms with van der Waals surface area (Å²) in [7, 11) is 0. The minimum absolute atomic E-state index is 0.405. The molecule has 126 valence electrons. The van der Waals surface area contributed by atoms with Crippen molar-refractivity contribution >= 4 is 5.91 Å². The third-order valence-corrected chi connectivity index (χ3v) is 4.08. The van der Waals surface area contributed by atoms with Gasteiger partial charge >= 0.3 is 0 Å². The maximum Gasteiger partial charge on any atom is 0.257 e. The van der Waals surface area contributed by atoms with Crippen LogP contribution >= 0.6 is 0 Å². The van der Waals surface area contributed by atoms with Crippen molar-refractivity contribution in [2.24, 2.45) is 0 Å². The highest BCUT2D eigenvalue weighted by atomic mass is 19.2. The maximum absolute atomic E-state index is 13.8. The summed E-state index contributed by atoms with van der Waals surface area (Å²) in [5.74, 6) is -4.96. The summed E-state index contributed by atoms with van der Waals surface area (Å²) in [5, 5.41) is 0. The van der Waals surface area contributed by atoms with E-state index in [2.05, 4.69) is 9.88 Å². The van der Waals surface area contributed by atoms with E-state index < -0.39 is 28.9 Å². The van der Waals surface area contributed by atoms with Gasteiger partial charge in [0, 0.05) is 45.1 Å². The SMILES string of the molecule is O=C(c1ccc(F)c(F)c1F)N1CCN(Cc2ccncc2)CC1. The van der Waals surface area contributed by atoms with Gasteiger partial charge in [0.05, 0.1) is 5.56 Å². The molecule has 0 aliphatic carbocycles. The Morgan fingerprint density at radius 3 is 2.29 bits per heavy atom. The molecule has 1 saturated heterocycles. The van der Waals surface area contributed by atoms with E-state index in [0.29, 0.717) is 26.2 Å². The Morgan fingerprint density at radius 1 is 0.958 bits per heavy atom. The number of carbonyl (C=O) groups excluding carboxylic acids is 1. The van der Waals surface area contributed by atoms with Crippen molar-refractivity contribution in [3.63, 3.8) is 0 Å². The molecule has 1 amide bonds. The quantitative estimate of drug-likeness (QED) is 0.809. The first-order valence-electron chi connectivity index (χ1n) is 7.60. The minimum atomic E-state index is -1.61. The zero-order valence-corrected chi connectivity index (χ0v) is 12.9. The number of hydrogen-bond acceptors (Lipinski definition) is 3. The van der Waals surface area contributed by atoms with E-state index in [9.17, 15) is 18.0 Å². The van der Waals surface area contributed by atoms with Crippen LogP contribution in [0, 0.1) is 17.5 Å². The highest BCUT2D eigenvalue weighted by Gasteiger charge is 2.26. The van der Waals surface area contributed by atoms with Crippen LogP contribution in [0.25, 0.3) is 0 Å². The number of halogens is 3. The fraction of sp³-hybridized carbons (Fsp3) is 0.294. The first-order chi connectivity index (χ1) is 11.6. The molecule has 0 unspecified atom stereocenters. The van der Waals surface area contributed by atoms with Crippen molar-refractivity contribution in [2.75, 3.05) is 26.2 Å². The molecule has 1 aromatic carbocycles. The standard InChI is InChI=1S/C17H16F3N3O/c18-14-2-1-13(15(19)16(14)20)17(24)23-9-7-22(8-10-23)11-12-3-5-21-6-4-12/h1-6H,7-11H2. The van der Waals surface area contributed by atoms with E-state index in [4.69, 9.17) is 0 Å². The third kappa shape index (κ3) is 3.41. The van der Waals surface area contributed by atoms with Crippen LogP contribution in [0.5, 0.6) is 0 Å². The van der Waals surface area contributed by atoms with Crippen molar-refractivity contribution in [3.05, 3.63) is 65.2 Å². The van der Waals surface area contributed by atoms with Gasteiger partial charge in [-0.05, 0) is 29.8 Å². The summed E-state index contributed by atoms with van der Waals surface area (Å²) >= 11 is 0. The van der Waals surface area contributed by atoms with Gasteiger partial charge < -0.3 is 4.90 Å². The molecule has 1 aliphatic rings. The van der Waals surface area contributed by atoms with E-state index in [0.717, 1.165) is 24.2 Å². The molecule has 4 nitrogen and oxygen atoms in total. The van der Waals surface area contributed by atoms with Crippen LogP contribution in [0.3, 0.4) is 0 Å². The van der Waals surface area contributed by atoms with Crippen LogP contribution in [0.4, 0.5) is 13.2 Å². The lowest BCUT2D eigenvalue weighted by Crippen LogP contribution is -2.48. The lowest BCUT2D eigenvalue weighted by atomic mass is 10.1. The van der Waals surface area contributed by atoms with E-state index >= 15 is 0 Å². The fourth-order valence-electron chi connectivity index (χ4n) is 2.72. The highest BCUT2D eigenvalue weighted by Crippen LogP contribution is 2.18. The molecule has 3 rings (SSSR count). The molecule has 0 saturated carbocycles. The number of benzene rings is 1. The number of aromatic nitrogens is 1. The zero-order valence-electron chi connectivity index (χ0n) is 12.9. The van der Waals surface area contributed by atoms with Gasteiger partial charge in [0.2, 0.25) is 0 Å². The highest BCUT2D eigenvalue weighted by molar-refractivity contribution is 5.94. The number of pyridine rings is 1. The Labute approximate surface area is 137 Å². The van der Waals surface area contributed by atoms with E-state index in [1.807, 2.05) is 12.1 Å². The molecule has 0 atom stereocenters. The van der Waals surface area contributed by atoms with E-state index in [1.165, 1.54) is 4.90 Å². The molecular formula is C17H16F3N3O. The average molecular weight is 335 g/mol. The second-order valence-corrected chi connectivity index (χ2v) is 5.65. The summed E-state index contributed by atoms with van der Waals surface area (Å²) in [6.45, 7) is 2.80. The van der Waals surface area contributed by atoms with Crippen molar-refractivity contribution < 1.29 is 18.0 Å². The summed E-state index contributed by atoms with van der Waals surface area (Å²) in [5.41, 5.74) is 0.688. The van der Waals surface area contributed by atoms with Crippen molar-refractivity contribution in [1.82, 2.24) is 14.8 Å². The van der Waals surface area contributed by atoms with Gasteiger partial charge in [0.15, 0.2) is 17.5 Å². The van der Waals surface area contributed by atoms with E-state index in [-0.39, 0.29) is 0 Å². The molecule has 0 bridgehead atoms.